The molecule has 12 rings (SSSR count). The summed E-state index contributed by atoms with van der Waals surface area (Å²) in [6, 6.07) is 40.2. The van der Waals surface area contributed by atoms with Gasteiger partial charge in [-0.2, -0.15) is 0 Å². The molecule has 89 heavy (non-hydrogen) atoms. The zero-order valence-electron chi connectivity index (χ0n) is 57.4. The fraction of sp³-hybridized carbons (Fsp3) is 0.449. The van der Waals surface area contributed by atoms with E-state index in [9.17, 15) is 0 Å². The second kappa shape index (κ2) is 41.0. The normalized spacial score (nSPS) is 13.4. The lowest BCUT2D eigenvalue weighted by Gasteiger charge is -2.20. The summed E-state index contributed by atoms with van der Waals surface area (Å²) in [5.41, 5.74) is 15.3. The maximum atomic E-state index is 5.55. The van der Waals surface area contributed by atoms with Gasteiger partial charge in [-0.15, -0.1) is 11.3 Å². The number of nitrogens with one attached hydrogen (secondary N) is 2. The number of hydrogen-bond donors (Lipinski definition) is 2. The van der Waals surface area contributed by atoms with Gasteiger partial charge in [0.25, 0.3) is 0 Å². The van der Waals surface area contributed by atoms with Crippen molar-refractivity contribution in [2.75, 3.05) is 56.6 Å². The van der Waals surface area contributed by atoms with Gasteiger partial charge in [0.1, 0.15) is 24.7 Å². The average molecular weight is 1220 g/mol. The average Bonchev–Trinajstić information content (AvgIpc) is 3.81. The molecule has 0 radical (unpaired) electrons. The van der Waals surface area contributed by atoms with Crippen molar-refractivity contribution < 1.29 is 14.2 Å². The number of rotatable bonds is 9. The number of hydrogen-bond acceptors (Lipinski definition) is 11. The number of aromatic nitrogens is 3. The molecule has 0 bridgehead atoms. The Morgan fingerprint density at radius 2 is 0.978 bits per heavy atom. The van der Waals surface area contributed by atoms with Gasteiger partial charge < -0.3 is 24.8 Å². The lowest BCUT2D eigenvalue weighted by Crippen LogP contribution is -2.19. The predicted octanol–water partition coefficient (Wildman–Crippen LogP) is 20.8. The van der Waals surface area contributed by atoms with Crippen molar-refractivity contribution in [1.29, 1.82) is 0 Å². The van der Waals surface area contributed by atoms with Gasteiger partial charge in [-0.3, -0.25) is 20.0 Å². The third-order valence-electron chi connectivity index (χ3n) is 15.0. The number of benzene rings is 4. The Morgan fingerprint density at radius 3 is 1.42 bits per heavy atom. The van der Waals surface area contributed by atoms with Gasteiger partial charge in [-0.1, -0.05) is 210 Å². The number of thiazole rings is 1. The van der Waals surface area contributed by atoms with Crippen LogP contribution in [0.2, 0.25) is 0 Å². The Bertz CT molecular complexity index is 2980. The van der Waals surface area contributed by atoms with E-state index >= 15 is 0 Å². The molecule has 0 unspecified atom stereocenters. The Hall–Kier alpha value is -7.37. The molecule has 0 fully saturated rings. The molecule has 0 amide bonds. The third kappa shape index (κ3) is 28.3. The van der Waals surface area contributed by atoms with Gasteiger partial charge in [0.05, 0.1) is 37.4 Å². The van der Waals surface area contributed by atoms with Crippen LogP contribution < -0.4 is 24.8 Å². The molecular formula is C78H109N7O3S. The first kappa shape index (κ1) is 74.1. The Labute approximate surface area is 542 Å². The van der Waals surface area contributed by atoms with Gasteiger partial charge in [-0.25, -0.2) is 4.98 Å². The van der Waals surface area contributed by atoms with Crippen LogP contribution in [0.3, 0.4) is 0 Å². The quantitative estimate of drug-likeness (QED) is 0.147. The van der Waals surface area contributed by atoms with E-state index in [1.807, 2.05) is 67.0 Å². The summed E-state index contributed by atoms with van der Waals surface area (Å²) in [5, 5.41) is 6.50. The van der Waals surface area contributed by atoms with Crippen LogP contribution in [0.4, 0.5) is 11.5 Å². The van der Waals surface area contributed by atoms with Crippen molar-refractivity contribution in [2.24, 2.45) is 21.8 Å². The fourth-order valence-corrected chi connectivity index (χ4v) is 9.46. The minimum Gasteiger partial charge on any atom is -0.493 e. The summed E-state index contributed by atoms with van der Waals surface area (Å²) in [6.45, 7) is 45.3. The predicted molar refractivity (Wildman–Crippen MR) is 385 cm³/mol. The van der Waals surface area contributed by atoms with Crippen molar-refractivity contribution in [3.05, 3.63) is 213 Å². The van der Waals surface area contributed by atoms with E-state index < -0.39 is 0 Å². The highest BCUT2D eigenvalue weighted by atomic mass is 32.1. The van der Waals surface area contributed by atoms with Crippen LogP contribution >= 0.6 is 11.3 Å². The maximum Gasteiger partial charge on any atom is 0.168 e. The second-order valence-electron chi connectivity index (χ2n) is 25.2. The van der Waals surface area contributed by atoms with Crippen LogP contribution in [0.1, 0.15) is 210 Å². The number of fused-ring (bicyclic) bond motifs is 3. The first-order chi connectivity index (χ1) is 42.6. The van der Waals surface area contributed by atoms with Gasteiger partial charge in [0.2, 0.25) is 0 Å². The summed E-state index contributed by atoms with van der Waals surface area (Å²) >= 11 is 1.72. The molecule has 10 nitrogen and oxygen atoms in total. The standard InChI is InChI=1S/C11H15NO.C11H14O.C10H14N2O.2C9H12.C8H11N.2C7H11N.C6H9NS/c1-8(2)9-3-4-10-11(7-9)13-6-5-12-10;1-8(2)10-4-3-9-5-6-12-11(9)7-10;1-7(2)8-5-9-10(12-6-8)11-3-4-13-9;2*1-8(2)9-6-4-3-5-7-9;1-7(2)8-3-5-9-6-4-8;2*1-6(2)7-3-4-8-5-7;1-5(2)6-3-7-4-8-6/h3-4,7-8,12H,5-6H2,1-2H3;3-4,7-8H,5-6H2,1-2H3;5-7H,3-4H2,1-2H3,(H,11,12);2*3-8H,1-2H3;3-7H,1-2H3;3,5-6H,4H2,1-2H3;3-4,6H,5H2,1-2H3;3-5H,1-2H3. The molecule has 11 heteroatoms. The number of anilines is 2. The fourth-order valence-electron chi connectivity index (χ4n) is 8.82. The molecule has 7 aromatic rings. The molecule has 0 saturated heterocycles. The monoisotopic (exact) mass is 1220 g/mol. The molecule has 5 aliphatic heterocycles. The van der Waals surface area contributed by atoms with Crippen LogP contribution in [-0.2, 0) is 6.42 Å². The number of allylic oxidation sites excluding steroid dienone is 2. The van der Waals surface area contributed by atoms with Crippen molar-refractivity contribution in [3.8, 4) is 17.2 Å². The highest BCUT2D eigenvalue weighted by molar-refractivity contribution is 7.09. The van der Waals surface area contributed by atoms with Gasteiger partial charge >= 0.3 is 0 Å². The first-order valence-electron chi connectivity index (χ1n) is 32.5. The molecule has 0 aliphatic carbocycles. The van der Waals surface area contributed by atoms with Crippen molar-refractivity contribution in [1.82, 2.24) is 15.0 Å². The Balaban J connectivity index is 0.000000215. The molecule has 0 spiro atoms. The van der Waals surface area contributed by atoms with Gasteiger partial charge in [-0.05, 0) is 146 Å². The lowest BCUT2D eigenvalue weighted by molar-refractivity contribution is 0.321. The summed E-state index contributed by atoms with van der Waals surface area (Å²) in [6.07, 6.45) is 16.7. The van der Waals surface area contributed by atoms with E-state index in [1.165, 1.54) is 55.0 Å². The molecule has 4 aromatic carbocycles. The summed E-state index contributed by atoms with van der Waals surface area (Å²) in [4.78, 5) is 21.7. The minimum absolute atomic E-state index is 0.503. The molecule has 2 N–H and O–H groups in total. The van der Waals surface area contributed by atoms with Crippen LogP contribution in [0.5, 0.6) is 17.2 Å². The van der Waals surface area contributed by atoms with Crippen LogP contribution in [0, 0.1) is 11.8 Å². The largest absolute Gasteiger partial charge is 0.493 e. The first-order valence-corrected chi connectivity index (χ1v) is 33.4. The molecule has 0 atom stereocenters. The SMILES string of the molecule is CC(C)C1=CC=NC1.CC(C)C1=CCN=C1.CC(C)c1ccc2c(c1)OCC2.CC(C)c1ccc2c(c1)OCCN2.CC(C)c1ccccc1.CC(C)c1ccccc1.CC(C)c1ccncc1.CC(C)c1cnc2c(c1)OCCN2.CC(C)c1cncs1. The highest BCUT2D eigenvalue weighted by Crippen LogP contribution is 2.32. The van der Waals surface area contributed by atoms with Crippen LogP contribution in [0.25, 0.3) is 0 Å². The third-order valence-corrected chi connectivity index (χ3v) is 16.1. The Morgan fingerprint density at radius 1 is 0.449 bits per heavy atom. The second-order valence-corrected chi connectivity index (χ2v) is 26.1. The summed E-state index contributed by atoms with van der Waals surface area (Å²) < 4.78 is 16.5. The zero-order valence-corrected chi connectivity index (χ0v) is 58.2. The van der Waals surface area contributed by atoms with E-state index in [1.54, 1.807) is 11.3 Å². The molecule has 480 valence electrons. The molecule has 0 saturated carbocycles. The minimum atomic E-state index is 0.503. The number of pyridine rings is 2. The van der Waals surface area contributed by atoms with Crippen molar-refractivity contribution in [3.63, 3.8) is 0 Å². The van der Waals surface area contributed by atoms with Crippen LogP contribution in [0.15, 0.2) is 179 Å². The number of ether oxygens (including phenoxy) is 3. The van der Waals surface area contributed by atoms with E-state index in [-0.39, 0.29) is 0 Å². The zero-order chi connectivity index (χ0) is 65.1. The highest BCUT2D eigenvalue weighted by Gasteiger charge is 2.15. The van der Waals surface area contributed by atoms with Crippen molar-refractivity contribution >= 4 is 35.3 Å². The van der Waals surface area contributed by atoms with Gasteiger partial charge in [0, 0.05) is 55.1 Å². The smallest absolute Gasteiger partial charge is 0.168 e. The molecular weight excluding hydrogens is 1110 g/mol. The summed E-state index contributed by atoms with van der Waals surface area (Å²) in [7, 11) is 0. The lowest BCUT2D eigenvalue weighted by atomic mass is 10.0. The molecule has 3 aromatic heterocycles. The van der Waals surface area contributed by atoms with E-state index in [2.05, 4.69) is 263 Å². The molecule has 5 aliphatic rings. The maximum absolute atomic E-state index is 5.55. The van der Waals surface area contributed by atoms with Gasteiger partial charge in [0.15, 0.2) is 11.6 Å². The number of nitrogens with zero attached hydrogens (tertiary/aromatic N) is 5. The van der Waals surface area contributed by atoms with E-state index in [0.717, 1.165) is 81.2 Å². The molecule has 8 heterocycles. The topological polar surface area (TPSA) is 115 Å². The number of aliphatic imine (C=N–C) groups is 2. The van der Waals surface area contributed by atoms with Crippen molar-refractivity contribution in [2.45, 2.75) is 172 Å². The van der Waals surface area contributed by atoms with Crippen LogP contribution in [-0.4, -0.2) is 73.4 Å². The van der Waals surface area contributed by atoms with E-state index in [0.29, 0.717) is 53.3 Å². The van der Waals surface area contributed by atoms with E-state index in [4.69, 9.17) is 14.2 Å². The summed E-state index contributed by atoms with van der Waals surface area (Å²) in [5.74, 6) is 9.43. The Kier molecular flexibility index (Phi) is 34.2.